The van der Waals surface area contributed by atoms with Crippen LogP contribution >= 0.6 is 0 Å². The molecule has 25 heavy (non-hydrogen) atoms. The maximum atomic E-state index is 11.6. The van der Waals surface area contributed by atoms with Crippen molar-refractivity contribution in [3.63, 3.8) is 0 Å². The van der Waals surface area contributed by atoms with Gasteiger partial charge in [-0.25, -0.2) is 4.79 Å². The number of oxime groups is 1. The van der Waals surface area contributed by atoms with E-state index in [9.17, 15) is 4.79 Å². The molecule has 7 nitrogen and oxygen atoms in total. The average Bonchev–Trinajstić information content (AvgIpc) is 2.65. The zero-order valence-corrected chi connectivity index (χ0v) is 13.3. The Kier molecular flexibility index (Phi) is 5.06. The maximum absolute atomic E-state index is 11.6. The van der Waals surface area contributed by atoms with Crippen LogP contribution in [0.4, 0.5) is 10.5 Å². The van der Waals surface area contributed by atoms with Gasteiger partial charge >= 0.3 is 6.09 Å². The molecule has 0 aliphatic rings. The topological polar surface area (TPSA) is 98.8 Å². The van der Waals surface area contributed by atoms with Crippen LogP contribution in [-0.4, -0.2) is 23.5 Å². The van der Waals surface area contributed by atoms with Crippen molar-refractivity contribution in [2.45, 2.75) is 0 Å². The molecule has 1 aromatic heterocycles. The van der Waals surface area contributed by atoms with E-state index < -0.39 is 6.09 Å². The van der Waals surface area contributed by atoms with E-state index >= 15 is 0 Å². The molecule has 0 atom stereocenters. The third-order valence-corrected chi connectivity index (χ3v) is 3.24. The van der Waals surface area contributed by atoms with E-state index in [1.54, 1.807) is 36.5 Å². The Hall–Kier alpha value is -3.61. The Morgan fingerprint density at radius 1 is 1.08 bits per heavy atom. The minimum absolute atomic E-state index is 0.0242. The monoisotopic (exact) mass is 336 g/mol. The van der Waals surface area contributed by atoms with E-state index in [1.807, 2.05) is 30.3 Å². The molecule has 7 heteroatoms. The molecule has 0 aliphatic heterocycles. The molecule has 0 saturated carbocycles. The molecule has 1 amide bonds. The SMILES string of the molecule is NC(COc1cccc2cccnc12)=NOC(=O)Nc1ccccc1. The Morgan fingerprint density at radius 2 is 1.88 bits per heavy atom. The molecule has 0 bridgehead atoms. The molecule has 3 aromatic rings. The fourth-order valence-electron chi connectivity index (χ4n) is 2.13. The number of benzene rings is 2. The summed E-state index contributed by atoms with van der Waals surface area (Å²) in [6.07, 6.45) is 0.949. The summed E-state index contributed by atoms with van der Waals surface area (Å²) in [4.78, 5) is 20.6. The summed E-state index contributed by atoms with van der Waals surface area (Å²) < 4.78 is 5.60. The van der Waals surface area contributed by atoms with Crippen molar-refractivity contribution in [3.05, 3.63) is 66.9 Å². The molecule has 1 heterocycles. The van der Waals surface area contributed by atoms with Crippen LogP contribution in [0, 0.1) is 0 Å². The van der Waals surface area contributed by atoms with E-state index in [4.69, 9.17) is 15.3 Å². The van der Waals surface area contributed by atoms with E-state index in [-0.39, 0.29) is 12.4 Å². The maximum Gasteiger partial charge on any atom is 0.437 e. The highest BCUT2D eigenvalue weighted by atomic mass is 16.7. The number of rotatable bonds is 5. The number of para-hydroxylation sites is 2. The van der Waals surface area contributed by atoms with Crippen molar-refractivity contribution in [3.8, 4) is 5.75 Å². The van der Waals surface area contributed by atoms with Crippen LogP contribution in [-0.2, 0) is 4.84 Å². The fourth-order valence-corrected chi connectivity index (χ4v) is 2.13. The highest BCUT2D eigenvalue weighted by molar-refractivity contribution is 5.87. The van der Waals surface area contributed by atoms with Gasteiger partial charge in [0.2, 0.25) is 0 Å². The molecule has 0 fully saturated rings. The Bertz CT molecular complexity index is 892. The van der Waals surface area contributed by atoms with Crippen molar-refractivity contribution in [2.75, 3.05) is 11.9 Å². The van der Waals surface area contributed by atoms with Gasteiger partial charge in [-0.15, -0.1) is 0 Å². The average molecular weight is 336 g/mol. The molecular formula is C18H16N4O3. The number of carbonyl (C=O) groups is 1. The summed E-state index contributed by atoms with van der Waals surface area (Å²) in [7, 11) is 0. The summed E-state index contributed by atoms with van der Waals surface area (Å²) in [5, 5.41) is 7.03. The van der Waals surface area contributed by atoms with Crippen LogP contribution in [0.25, 0.3) is 10.9 Å². The molecule has 3 rings (SSSR count). The second-order valence-corrected chi connectivity index (χ2v) is 5.07. The number of carbonyl (C=O) groups excluding carboxylic acids is 1. The number of ether oxygens (including phenoxy) is 1. The molecular weight excluding hydrogens is 320 g/mol. The van der Waals surface area contributed by atoms with Crippen molar-refractivity contribution >= 4 is 28.5 Å². The third-order valence-electron chi connectivity index (χ3n) is 3.24. The van der Waals surface area contributed by atoms with E-state index in [0.29, 0.717) is 11.4 Å². The predicted octanol–water partition coefficient (Wildman–Crippen LogP) is 3.13. The van der Waals surface area contributed by atoms with Gasteiger partial charge in [-0.3, -0.25) is 15.1 Å². The zero-order chi connectivity index (χ0) is 17.5. The fraction of sp³-hybridized carbons (Fsp3) is 0.0556. The first-order valence-corrected chi connectivity index (χ1v) is 7.54. The normalized spacial score (nSPS) is 11.1. The quantitative estimate of drug-likeness (QED) is 0.323. The van der Waals surface area contributed by atoms with Gasteiger partial charge < -0.3 is 10.5 Å². The Balaban J connectivity index is 1.55. The molecule has 0 saturated heterocycles. The molecule has 2 aromatic carbocycles. The Labute approximate surface area is 144 Å². The van der Waals surface area contributed by atoms with Gasteiger partial charge in [0.15, 0.2) is 5.84 Å². The lowest BCUT2D eigenvalue weighted by atomic mass is 10.2. The van der Waals surface area contributed by atoms with Gasteiger partial charge in [-0.05, 0) is 24.3 Å². The first-order valence-electron chi connectivity index (χ1n) is 7.54. The van der Waals surface area contributed by atoms with Gasteiger partial charge in [0, 0.05) is 17.3 Å². The smallest absolute Gasteiger partial charge is 0.437 e. The summed E-state index contributed by atoms with van der Waals surface area (Å²) in [6.45, 7) is -0.0334. The van der Waals surface area contributed by atoms with E-state index in [1.165, 1.54) is 0 Å². The number of nitrogens with two attached hydrogens (primary N) is 1. The van der Waals surface area contributed by atoms with Crippen LogP contribution in [0.1, 0.15) is 0 Å². The Morgan fingerprint density at radius 3 is 2.72 bits per heavy atom. The van der Waals surface area contributed by atoms with Gasteiger partial charge in [0.1, 0.15) is 17.9 Å². The standard InChI is InChI=1S/C18H16N4O3/c19-16(22-25-18(23)21-14-8-2-1-3-9-14)12-24-15-10-4-6-13-7-5-11-20-17(13)15/h1-11H,12H2,(H2,19,22)(H,21,23). The largest absolute Gasteiger partial charge is 0.483 e. The highest BCUT2D eigenvalue weighted by Crippen LogP contribution is 2.22. The van der Waals surface area contributed by atoms with Crippen molar-refractivity contribution in [1.29, 1.82) is 0 Å². The molecule has 3 N–H and O–H groups in total. The number of aromatic nitrogens is 1. The minimum atomic E-state index is -0.735. The van der Waals surface area contributed by atoms with Gasteiger partial charge in [-0.2, -0.15) is 0 Å². The van der Waals surface area contributed by atoms with Crippen molar-refractivity contribution < 1.29 is 14.4 Å². The van der Waals surface area contributed by atoms with Crippen LogP contribution in [0.2, 0.25) is 0 Å². The van der Waals surface area contributed by atoms with E-state index in [2.05, 4.69) is 15.5 Å². The first-order chi connectivity index (χ1) is 12.2. The molecule has 0 aliphatic carbocycles. The van der Waals surface area contributed by atoms with Gasteiger partial charge in [0.25, 0.3) is 0 Å². The summed E-state index contributed by atoms with van der Waals surface area (Å²) in [5.41, 5.74) is 7.03. The predicted molar refractivity (Wildman–Crippen MR) is 95.4 cm³/mol. The number of amidine groups is 1. The lowest BCUT2D eigenvalue weighted by Crippen LogP contribution is -2.23. The number of hydrogen-bond acceptors (Lipinski definition) is 5. The van der Waals surface area contributed by atoms with Crippen molar-refractivity contribution in [1.82, 2.24) is 4.98 Å². The lowest BCUT2D eigenvalue weighted by Gasteiger charge is -2.08. The second-order valence-electron chi connectivity index (χ2n) is 5.07. The number of anilines is 1. The first kappa shape index (κ1) is 16.3. The number of hydrogen-bond donors (Lipinski definition) is 2. The minimum Gasteiger partial charge on any atom is -0.483 e. The lowest BCUT2D eigenvalue weighted by molar-refractivity contribution is 0.165. The van der Waals surface area contributed by atoms with Gasteiger partial charge in [0.05, 0.1) is 0 Å². The molecule has 0 unspecified atom stereocenters. The van der Waals surface area contributed by atoms with Crippen LogP contribution in [0.3, 0.4) is 0 Å². The molecule has 126 valence electrons. The van der Waals surface area contributed by atoms with Crippen molar-refractivity contribution in [2.24, 2.45) is 10.9 Å². The molecule has 0 radical (unpaired) electrons. The van der Waals surface area contributed by atoms with Crippen LogP contribution in [0.15, 0.2) is 72.0 Å². The number of amides is 1. The van der Waals surface area contributed by atoms with Gasteiger partial charge in [-0.1, -0.05) is 41.6 Å². The second kappa shape index (κ2) is 7.78. The zero-order valence-electron chi connectivity index (χ0n) is 13.3. The third kappa shape index (κ3) is 4.44. The van der Waals surface area contributed by atoms with Crippen LogP contribution in [0.5, 0.6) is 5.75 Å². The highest BCUT2D eigenvalue weighted by Gasteiger charge is 2.06. The summed E-state index contributed by atoms with van der Waals surface area (Å²) in [6, 6.07) is 18.2. The molecule has 0 spiro atoms. The van der Waals surface area contributed by atoms with Crippen LogP contribution < -0.4 is 15.8 Å². The number of pyridine rings is 1. The summed E-state index contributed by atoms with van der Waals surface area (Å²) in [5.74, 6) is 0.598. The number of fused-ring (bicyclic) bond motifs is 1. The number of nitrogens with zero attached hydrogens (tertiary/aromatic N) is 2. The summed E-state index contributed by atoms with van der Waals surface area (Å²) >= 11 is 0. The van der Waals surface area contributed by atoms with E-state index in [0.717, 1.165) is 10.9 Å². The number of nitrogens with one attached hydrogen (secondary N) is 1.